The van der Waals surface area contributed by atoms with Gasteiger partial charge in [-0.05, 0) is 85.9 Å². The fraction of sp³-hybridized carbons (Fsp3) is 1.00. The average molecular weight is 308 g/mol. The predicted octanol–water partition coefficient (Wildman–Crippen LogP) is 2.72. The van der Waals surface area contributed by atoms with Gasteiger partial charge >= 0.3 is 0 Å². The van der Waals surface area contributed by atoms with Crippen LogP contribution >= 0.6 is 0 Å². The number of rotatable bonds is 0. The van der Waals surface area contributed by atoms with Crippen LogP contribution in [0.4, 0.5) is 0 Å². The first kappa shape index (κ1) is 15.4. The Hall–Kier alpha value is -0.120. The lowest BCUT2D eigenvalue weighted by Gasteiger charge is -2.61. The van der Waals surface area contributed by atoms with E-state index in [0.717, 1.165) is 38.5 Å². The lowest BCUT2D eigenvalue weighted by atomic mass is 9.44. The van der Waals surface area contributed by atoms with Crippen LogP contribution in [0.25, 0.3) is 0 Å². The van der Waals surface area contributed by atoms with Gasteiger partial charge in [0.2, 0.25) is 0 Å². The van der Waals surface area contributed by atoms with Gasteiger partial charge in [-0.1, -0.05) is 13.8 Å². The molecular formula is C19H32O3. The Balaban J connectivity index is 1.67. The summed E-state index contributed by atoms with van der Waals surface area (Å²) in [5.41, 5.74) is 0.525. The van der Waals surface area contributed by atoms with Crippen molar-refractivity contribution in [3.8, 4) is 0 Å². The van der Waals surface area contributed by atoms with Gasteiger partial charge in [0.1, 0.15) is 0 Å². The summed E-state index contributed by atoms with van der Waals surface area (Å²) in [5, 5.41) is 31.2. The molecule has 3 N–H and O–H groups in total. The molecule has 126 valence electrons. The molecule has 0 saturated heterocycles. The van der Waals surface area contributed by atoms with Crippen molar-refractivity contribution in [2.75, 3.05) is 0 Å². The summed E-state index contributed by atoms with van der Waals surface area (Å²) in [4.78, 5) is 0. The minimum Gasteiger partial charge on any atom is -0.393 e. The van der Waals surface area contributed by atoms with Crippen molar-refractivity contribution < 1.29 is 15.3 Å². The van der Waals surface area contributed by atoms with Crippen molar-refractivity contribution in [2.24, 2.45) is 34.5 Å². The van der Waals surface area contributed by atoms with Gasteiger partial charge in [-0.15, -0.1) is 0 Å². The number of fused-ring (bicyclic) bond motifs is 5. The molecule has 4 rings (SSSR count). The molecule has 0 aliphatic heterocycles. The van der Waals surface area contributed by atoms with E-state index in [0.29, 0.717) is 23.7 Å². The fourth-order valence-electron chi connectivity index (χ4n) is 7.22. The van der Waals surface area contributed by atoms with Gasteiger partial charge in [0.05, 0.1) is 18.3 Å². The van der Waals surface area contributed by atoms with E-state index in [1.165, 1.54) is 12.8 Å². The molecule has 3 nitrogen and oxygen atoms in total. The Morgan fingerprint density at radius 2 is 1.59 bits per heavy atom. The lowest BCUT2D eigenvalue weighted by Crippen LogP contribution is -2.57. The zero-order valence-corrected chi connectivity index (χ0v) is 14.0. The summed E-state index contributed by atoms with van der Waals surface area (Å²) in [7, 11) is 0. The van der Waals surface area contributed by atoms with Gasteiger partial charge in [-0.2, -0.15) is 0 Å². The first-order valence-corrected chi connectivity index (χ1v) is 9.38. The quantitative estimate of drug-likeness (QED) is 0.645. The minimum atomic E-state index is -0.233. The third-order valence-electron chi connectivity index (χ3n) is 8.40. The van der Waals surface area contributed by atoms with Crippen LogP contribution < -0.4 is 0 Å². The van der Waals surface area contributed by atoms with Crippen molar-refractivity contribution in [3.63, 3.8) is 0 Å². The highest BCUT2D eigenvalue weighted by molar-refractivity contribution is 5.10. The molecule has 4 saturated carbocycles. The molecule has 0 aromatic heterocycles. The summed E-state index contributed by atoms with van der Waals surface area (Å²) in [6.07, 6.45) is 7.42. The van der Waals surface area contributed by atoms with Gasteiger partial charge in [0.15, 0.2) is 0 Å². The van der Waals surface area contributed by atoms with E-state index in [9.17, 15) is 15.3 Å². The maximum Gasteiger partial charge on any atom is 0.0577 e. The standard InChI is InChI=1S/C19H32O3/c1-18-5-4-14-17(15(18)9-13(21)10-18)16(22)8-11-7-12(20)3-6-19(11,14)2/h11-17,20-22H,3-10H2,1-2H3. The van der Waals surface area contributed by atoms with Gasteiger partial charge < -0.3 is 15.3 Å². The van der Waals surface area contributed by atoms with Crippen molar-refractivity contribution in [2.45, 2.75) is 83.5 Å². The van der Waals surface area contributed by atoms with Crippen molar-refractivity contribution in [1.82, 2.24) is 0 Å². The molecular weight excluding hydrogens is 276 g/mol. The van der Waals surface area contributed by atoms with Gasteiger partial charge in [-0.3, -0.25) is 0 Å². The molecule has 0 aromatic carbocycles. The van der Waals surface area contributed by atoms with Gasteiger partial charge in [0.25, 0.3) is 0 Å². The average Bonchev–Trinajstić information content (AvgIpc) is 2.75. The largest absolute Gasteiger partial charge is 0.393 e. The van der Waals surface area contributed by atoms with E-state index in [1.807, 2.05) is 0 Å². The molecule has 0 amide bonds. The smallest absolute Gasteiger partial charge is 0.0577 e. The molecule has 0 bridgehead atoms. The van der Waals surface area contributed by atoms with Crippen LogP contribution in [0.15, 0.2) is 0 Å². The zero-order valence-electron chi connectivity index (χ0n) is 14.0. The van der Waals surface area contributed by atoms with Gasteiger partial charge in [0, 0.05) is 0 Å². The monoisotopic (exact) mass is 308 g/mol. The first-order chi connectivity index (χ1) is 10.3. The van der Waals surface area contributed by atoms with E-state index >= 15 is 0 Å². The number of hydrogen-bond donors (Lipinski definition) is 3. The Morgan fingerprint density at radius 1 is 0.818 bits per heavy atom. The molecule has 0 aromatic rings. The zero-order chi connectivity index (χ0) is 15.7. The van der Waals surface area contributed by atoms with Crippen molar-refractivity contribution >= 4 is 0 Å². The summed E-state index contributed by atoms with van der Waals surface area (Å²) >= 11 is 0. The van der Waals surface area contributed by atoms with Crippen LogP contribution in [-0.4, -0.2) is 33.6 Å². The molecule has 0 radical (unpaired) electrons. The second kappa shape index (κ2) is 4.94. The Morgan fingerprint density at radius 3 is 2.36 bits per heavy atom. The Kier molecular flexibility index (Phi) is 3.46. The SMILES string of the molecule is CC12CCC3C(C(O)CC4CC(O)CCC43C)C1CC(O)C2. The lowest BCUT2D eigenvalue weighted by molar-refractivity contribution is -0.168. The van der Waals surface area contributed by atoms with E-state index in [1.54, 1.807) is 0 Å². The summed E-state index contributed by atoms with van der Waals surface area (Å²) in [6, 6.07) is 0. The van der Waals surface area contributed by atoms with Crippen molar-refractivity contribution in [3.05, 3.63) is 0 Å². The molecule has 0 heterocycles. The highest BCUT2D eigenvalue weighted by Crippen LogP contribution is 2.66. The first-order valence-electron chi connectivity index (χ1n) is 9.38. The maximum atomic E-state index is 10.9. The van der Waals surface area contributed by atoms with Gasteiger partial charge in [-0.25, -0.2) is 0 Å². The minimum absolute atomic E-state index is 0.163. The highest BCUT2D eigenvalue weighted by Gasteiger charge is 2.61. The molecule has 0 spiro atoms. The third kappa shape index (κ3) is 2.04. The van der Waals surface area contributed by atoms with Crippen LogP contribution in [0, 0.1) is 34.5 Å². The van der Waals surface area contributed by atoms with Crippen LogP contribution in [0.3, 0.4) is 0 Å². The highest BCUT2D eigenvalue weighted by atomic mass is 16.3. The maximum absolute atomic E-state index is 10.9. The van der Waals surface area contributed by atoms with E-state index in [-0.39, 0.29) is 29.1 Å². The molecule has 22 heavy (non-hydrogen) atoms. The number of hydrogen-bond acceptors (Lipinski definition) is 3. The Labute approximate surface area is 134 Å². The molecule has 4 aliphatic rings. The predicted molar refractivity (Wildman–Crippen MR) is 85.1 cm³/mol. The fourth-order valence-corrected chi connectivity index (χ4v) is 7.22. The molecule has 4 fully saturated rings. The second-order valence-corrected chi connectivity index (χ2v) is 9.51. The normalized spacial score (nSPS) is 61.2. The Bertz CT molecular complexity index is 452. The van der Waals surface area contributed by atoms with Crippen molar-refractivity contribution in [1.29, 1.82) is 0 Å². The second-order valence-electron chi connectivity index (χ2n) is 9.51. The number of aliphatic hydroxyl groups is 3. The third-order valence-corrected chi connectivity index (χ3v) is 8.40. The molecule has 4 aliphatic carbocycles. The molecule has 3 heteroatoms. The van der Waals surface area contributed by atoms with Crippen LogP contribution in [0.2, 0.25) is 0 Å². The molecule has 9 atom stereocenters. The van der Waals surface area contributed by atoms with E-state index in [4.69, 9.17) is 0 Å². The summed E-state index contributed by atoms with van der Waals surface area (Å²) in [5.74, 6) is 1.91. The van der Waals surface area contributed by atoms with Crippen LogP contribution in [-0.2, 0) is 0 Å². The van der Waals surface area contributed by atoms with E-state index < -0.39 is 0 Å². The molecule has 9 unspecified atom stereocenters. The summed E-state index contributed by atoms with van der Waals surface area (Å²) in [6.45, 7) is 4.77. The number of aliphatic hydroxyl groups excluding tert-OH is 3. The van der Waals surface area contributed by atoms with Crippen LogP contribution in [0.5, 0.6) is 0 Å². The topological polar surface area (TPSA) is 60.7 Å². The van der Waals surface area contributed by atoms with E-state index in [2.05, 4.69) is 13.8 Å². The summed E-state index contributed by atoms with van der Waals surface area (Å²) < 4.78 is 0. The van der Waals surface area contributed by atoms with Crippen LogP contribution in [0.1, 0.15) is 65.2 Å².